The van der Waals surface area contributed by atoms with Gasteiger partial charge in [-0.05, 0) is 44.4 Å². The first-order chi connectivity index (χ1) is 28.0. The van der Waals surface area contributed by atoms with Crippen molar-refractivity contribution in [3.63, 3.8) is 0 Å². The van der Waals surface area contributed by atoms with Crippen molar-refractivity contribution in [2.75, 3.05) is 20.3 Å². The Bertz CT molecular complexity index is 2280. The number of aliphatic hydroxyl groups is 3. The van der Waals surface area contributed by atoms with Crippen molar-refractivity contribution in [3.8, 4) is 17.2 Å². The van der Waals surface area contributed by atoms with Crippen LogP contribution in [-0.2, 0) is 30.3 Å². The molecular formula is C41H44N4O14. The van der Waals surface area contributed by atoms with Crippen LogP contribution in [0.4, 0.5) is 0 Å². The second kappa shape index (κ2) is 15.8. The monoisotopic (exact) mass is 816 g/mol. The second-order valence-corrected chi connectivity index (χ2v) is 15.3. The van der Waals surface area contributed by atoms with Crippen molar-refractivity contribution in [3.05, 3.63) is 81.2 Å². The van der Waals surface area contributed by atoms with Crippen LogP contribution in [0.1, 0.15) is 110 Å². The molecule has 8 atom stereocenters. The van der Waals surface area contributed by atoms with E-state index in [4.69, 9.17) is 19.9 Å². The van der Waals surface area contributed by atoms with E-state index in [0.29, 0.717) is 18.4 Å². The zero-order valence-electron chi connectivity index (χ0n) is 32.3. The topological polar surface area (TPSA) is 285 Å². The van der Waals surface area contributed by atoms with Crippen molar-refractivity contribution in [2.24, 2.45) is 5.73 Å². The molecule has 3 aromatic rings. The summed E-state index contributed by atoms with van der Waals surface area (Å²) in [6, 6.07) is 3.70. The number of ketones is 3. The number of Topliss-reactive ketones (excluding diaryl/α,β-unsaturated/α-hetero) is 1. The molecule has 0 spiro atoms. The third kappa shape index (κ3) is 6.99. The number of phenolic OH excluding ortho intramolecular Hbond substituents is 2. The fourth-order valence-corrected chi connectivity index (χ4v) is 8.80. The third-order valence-corrected chi connectivity index (χ3v) is 11.9. The molecule has 312 valence electrons. The number of ether oxygens (including phenoxy) is 3. The molecule has 59 heavy (non-hydrogen) atoms. The molecule has 2 aromatic carbocycles. The Morgan fingerprint density at radius 3 is 2.53 bits per heavy atom. The predicted octanol–water partition coefficient (Wildman–Crippen LogP) is 0.447. The molecule has 8 N–H and O–H groups in total. The van der Waals surface area contributed by atoms with Gasteiger partial charge in [0, 0.05) is 60.5 Å². The minimum atomic E-state index is -2.38. The molecule has 3 heterocycles. The first-order valence-corrected chi connectivity index (χ1v) is 19.1. The van der Waals surface area contributed by atoms with Gasteiger partial charge in [0.2, 0.25) is 23.5 Å². The van der Waals surface area contributed by atoms with Gasteiger partial charge in [-0.1, -0.05) is 12.1 Å². The molecule has 0 bridgehead atoms. The Labute approximate surface area is 336 Å². The van der Waals surface area contributed by atoms with E-state index in [9.17, 15) is 54.3 Å². The van der Waals surface area contributed by atoms with Crippen molar-refractivity contribution >= 4 is 35.1 Å². The number of carbonyl (C=O) groups excluding carboxylic acids is 6. The maximum absolute atomic E-state index is 14.0. The summed E-state index contributed by atoms with van der Waals surface area (Å²) < 4.78 is 17.6. The predicted molar refractivity (Wildman–Crippen MR) is 202 cm³/mol. The largest absolute Gasteiger partial charge is 0.507 e. The van der Waals surface area contributed by atoms with Crippen LogP contribution in [0.5, 0.6) is 17.2 Å². The quantitative estimate of drug-likeness (QED) is 0.107. The number of aliphatic hydroxyl groups excluding tert-OH is 2. The number of phenols is 2. The third-order valence-electron chi connectivity index (χ3n) is 11.9. The Balaban J connectivity index is 1.17. The van der Waals surface area contributed by atoms with Crippen LogP contribution >= 0.6 is 0 Å². The molecule has 3 amide bonds. The van der Waals surface area contributed by atoms with Gasteiger partial charge >= 0.3 is 0 Å². The molecular weight excluding hydrogens is 772 g/mol. The van der Waals surface area contributed by atoms with Gasteiger partial charge in [-0.3, -0.25) is 33.8 Å². The van der Waals surface area contributed by atoms with Crippen LogP contribution in [-0.4, -0.2) is 127 Å². The van der Waals surface area contributed by atoms with E-state index in [1.807, 2.05) is 0 Å². The lowest BCUT2D eigenvalue weighted by Gasteiger charge is -2.43. The van der Waals surface area contributed by atoms with E-state index in [2.05, 4.69) is 10.3 Å². The SMILES string of the molecule is COc1cccc2c1C(=O)c1c(O)c3c(c(O)c1C2=O)C[C@@](O)(C(=O)CO)C[C@@H]3O[C@H]1C[C@H](NC(=O)[C@H]2CCCN2C(=O)[C@H](C)c2cnccc2C(N)=O)[C@H](O)[C@H](C)O1. The van der Waals surface area contributed by atoms with Gasteiger partial charge in [0.1, 0.15) is 41.6 Å². The van der Waals surface area contributed by atoms with Crippen LogP contribution in [0.25, 0.3) is 0 Å². The number of carbonyl (C=O) groups is 6. The number of nitrogens with two attached hydrogens (primary N) is 1. The number of hydrogen-bond acceptors (Lipinski definition) is 15. The van der Waals surface area contributed by atoms with Crippen molar-refractivity contribution in [1.29, 1.82) is 0 Å². The first kappa shape index (κ1) is 41.4. The molecule has 4 aliphatic rings. The maximum Gasteiger partial charge on any atom is 0.249 e. The molecule has 2 saturated heterocycles. The Morgan fingerprint density at radius 2 is 1.83 bits per heavy atom. The zero-order valence-corrected chi connectivity index (χ0v) is 32.3. The average Bonchev–Trinajstić information content (AvgIpc) is 3.72. The van der Waals surface area contributed by atoms with Gasteiger partial charge in [0.05, 0.1) is 48.0 Å². The number of fused-ring (bicyclic) bond motifs is 3. The molecule has 1 aromatic heterocycles. The minimum absolute atomic E-state index is 0.0420. The summed E-state index contributed by atoms with van der Waals surface area (Å²) in [6.07, 6.45) is -3.07. The highest BCUT2D eigenvalue weighted by Gasteiger charge is 2.51. The fraction of sp³-hybridized carbons (Fsp3) is 0.439. The summed E-state index contributed by atoms with van der Waals surface area (Å²) in [5.74, 6) is -6.84. The zero-order chi connectivity index (χ0) is 42.7. The molecule has 0 saturated carbocycles. The van der Waals surface area contributed by atoms with E-state index < -0.39 is 125 Å². The van der Waals surface area contributed by atoms with Crippen molar-refractivity contribution < 1.29 is 68.5 Å². The highest BCUT2D eigenvalue weighted by atomic mass is 16.7. The number of amides is 3. The van der Waals surface area contributed by atoms with Crippen molar-refractivity contribution in [1.82, 2.24) is 15.2 Å². The van der Waals surface area contributed by atoms with E-state index in [-0.39, 0.29) is 46.5 Å². The molecule has 0 radical (unpaired) electrons. The summed E-state index contributed by atoms with van der Waals surface area (Å²) in [5, 5.41) is 58.9. The number of benzene rings is 2. The Morgan fingerprint density at radius 1 is 1.10 bits per heavy atom. The highest BCUT2D eigenvalue weighted by Crippen LogP contribution is 2.52. The number of nitrogens with one attached hydrogen (secondary N) is 1. The number of primary amides is 1. The van der Waals surface area contributed by atoms with Crippen LogP contribution in [0, 0.1) is 0 Å². The molecule has 2 fully saturated rings. The molecule has 0 unspecified atom stereocenters. The highest BCUT2D eigenvalue weighted by molar-refractivity contribution is 6.31. The number of hydrogen-bond donors (Lipinski definition) is 7. The van der Waals surface area contributed by atoms with Crippen LogP contribution < -0.4 is 15.8 Å². The summed E-state index contributed by atoms with van der Waals surface area (Å²) in [7, 11) is 1.30. The number of pyridine rings is 1. The standard InChI is InChI=1S/C41H44N4O14/c1-17(22-15-43-10-9-19(22)38(42)53)40(55)45-11-5-7-24(45)39(54)44-23-12-28(58-18(2)33(23)48)59-26-14-41(56,27(47)16-46)13-21-30(26)37(52)32-31(35(21)50)34(49)20-6-4-8-25(57-3)29(20)36(32)51/h4,6,8-10,15,17-18,23-24,26,28,33,46,48,50,52,56H,5,7,11-14,16H2,1-3H3,(H2,42,53)(H,44,54)/t17-,18+,23+,24-,26+,28+,33-,41+/m1/s1. The lowest BCUT2D eigenvalue weighted by atomic mass is 9.72. The van der Waals surface area contributed by atoms with Crippen LogP contribution in [0.2, 0.25) is 0 Å². The molecule has 18 heteroatoms. The summed E-state index contributed by atoms with van der Waals surface area (Å²) >= 11 is 0. The van der Waals surface area contributed by atoms with Gasteiger partial charge < -0.3 is 55.7 Å². The minimum Gasteiger partial charge on any atom is -0.507 e. The van der Waals surface area contributed by atoms with Gasteiger partial charge in [-0.15, -0.1) is 0 Å². The molecule has 2 aliphatic carbocycles. The van der Waals surface area contributed by atoms with Gasteiger partial charge in [0.15, 0.2) is 17.9 Å². The van der Waals surface area contributed by atoms with Crippen LogP contribution in [0.15, 0.2) is 36.7 Å². The van der Waals surface area contributed by atoms with Crippen molar-refractivity contribution in [2.45, 2.75) is 94.2 Å². The number of aromatic hydroxyl groups is 2. The van der Waals surface area contributed by atoms with E-state index in [1.165, 1.54) is 55.6 Å². The number of aromatic nitrogens is 1. The molecule has 18 nitrogen and oxygen atoms in total. The normalized spacial score (nSPS) is 26.6. The van der Waals surface area contributed by atoms with E-state index >= 15 is 0 Å². The fourth-order valence-electron chi connectivity index (χ4n) is 8.80. The lowest BCUT2D eigenvalue weighted by molar-refractivity contribution is -0.249. The average molecular weight is 817 g/mol. The van der Waals surface area contributed by atoms with Gasteiger partial charge in [-0.25, -0.2) is 0 Å². The number of likely N-dealkylation sites (tertiary alicyclic amines) is 1. The van der Waals surface area contributed by atoms with Gasteiger partial charge in [0.25, 0.3) is 0 Å². The second-order valence-electron chi connectivity index (χ2n) is 15.3. The molecule has 7 rings (SSSR count). The van der Waals surface area contributed by atoms with Crippen LogP contribution in [0.3, 0.4) is 0 Å². The summed E-state index contributed by atoms with van der Waals surface area (Å²) in [6.45, 7) is 2.23. The molecule has 2 aliphatic heterocycles. The Hall–Kier alpha value is -5.79. The summed E-state index contributed by atoms with van der Waals surface area (Å²) in [4.78, 5) is 85.9. The van der Waals surface area contributed by atoms with E-state index in [1.54, 1.807) is 6.92 Å². The Kier molecular flexibility index (Phi) is 11.1. The smallest absolute Gasteiger partial charge is 0.249 e. The first-order valence-electron chi connectivity index (χ1n) is 19.1. The van der Waals surface area contributed by atoms with Gasteiger partial charge in [-0.2, -0.15) is 0 Å². The lowest BCUT2D eigenvalue weighted by Crippen LogP contribution is -2.58. The number of nitrogens with zero attached hydrogens (tertiary/aromatic N) is 2. The number of methoxy groups -OCH3 is 1. The maximum atomic E-state index is 14.0. The van der Waals surface area contributed by atoms with E-state index in [0.717, 1.165) is 0 Å². The number of rotatable bonds is 10. The summed E-state index contributed by atoms with van der Waals surface area (Å²) in [5.41, 5.74) is 1.71.